The average molecular weight is 572 g/mol. The van der Waals surface area contributed by atoms with Crippen molar-refractivity contribution < 1.29 is 23.9 Å². The first kappa shape index (κ1) is 30.8. The van der Waals surface area contributed by atoms with Crippen molar-refractivity contribution in [2.45, 2.75) is 65.3 Å². The summed E-state index contributed by atoms with van der Waals surface area (Å²) >= 11 is 0. The largest absolute Gasteiger partial charge is 0.497 e. The van der Waals surface area contributed by atoms with Crippen molar-refractivity contribution in [2.75, 3.05) is 14.2 Å². The zero-order valence-electron chi connectivity index (χ0n) is 25.3. The van der Waals surface area contributed by atoms with Gasteiger partial charge in [0.25, 0.3) is 0 Å². The number of ether oxygens (including phenoxy) is 2. The van der Waals surface area contributed by atoms with Gasteiger partial charge in [0.2, 0.25) is 11.8 Å². The van der Waals surface area contributed by atoms with E-state index < -0.39 is 23.5 Å². The summed E-state index contributed by atoms with van der Waals surface area (Å²) in [5.74, 6) is -0.156. The zero-order chi connectivity index (χ0) is 30.6. The zero-order valence-corrected chi connectivity index (χ0v) is 25.3. The Morgan fingerprint density at radius 3 is 2.26 bits per heavy atom. The quantitative estimate of drug-likeness (QED) is 0.386. The number of hydrogen-bond acceptors (Lipinski definition) is 6. The Morgan fingerprint density at radius 1 is 0.976 bits per heavy atom. The highest BCUT2D eigenvalue weighted by atomic mass is 16.5. The van der Waals surface area contributed by atoms with Gasteiger partial charge in [-0.05, 0) is 58.9 Å². The molecule has 3 aromatic rings. The number of esters is 1. The second kappa shape index (κ2) is 12.8. The van der Waals surface area contributed by atoms with Crippen LogP contribution in [0.1, 0.15) is 66.3 Å². The van der Waals surface area contributed by atoms with E-state index in [2.05, 4.69) is 0 Å². The van der Waals surface area contributed by atoms with Crippen LogP contribution in [-0.4, -0.2) is 53.9 Å². The molecule has 8 nitrogen and oxygen atoms in total. The number of fused-ring (bicyclic) bond motifs is 1. The van der Waals surface area contributed by atoms with Crippen LogP contribution >= 0.6 is 0 Å². The summed E-state index contributed by atoms with van der Waals surface area (Å²) in [6.45, 7) is 8.34. The number of amides is 2. The van der Waals surface area contributed by atoms with E-state index in [1.54, 1.807) is 29.0 Å². The summed E-state index contributed by atoms with van der Waals surface area (Å²) in [6, 6.07) is 20.7. The van der Waals surface area contributed by atoms with Crippen LogP contribution in [-0.2, 0) is 33.8 Å². The van der Waals surface area contributed by atoms with Crippen LogP contribution in [0.2, 0.25) is 0 Å². The summed E-state index contributed by atoms with van der Waals surface area (Å²) in [4.78, 5) is 44.0. The smallest absolute Gasteiger partial charge is 0.337 e. The number of carbonyl (C=O) groups is 3. The summed E-state index contributed by atoms with van der Waals surface area (Å²) in [7, 11) is 2.95. The Morgan fingerprint density at radius 2 is 1.64 bits per heavy atom. The number of nitrogens with two attached hydrogens (primary N) is 1. The topological polar surface area (TPSA) is 102 Å². The molecule has 3 aromatic carbocycles. The van der Waals surface area contributed by atoms with Crippen molar-refractivity contribution in [1.29, 1.82) is 0 Å². The number of carbonyl (C=O) groups excluding carboxylic acids is 3. The summed E-state index contributed by atoms with van der Waals surface area (Å²) in [6.07, 6.45) is 0.389. The molecule has 0 bridgehead atoms. The monoisotopic (exact) mass is 571 g/mol. The van der Waals surface area contributed by atoms with E-state index in [0.29, 0.717) is 24.3 Å². The van der Waals surface area contributed by atoms with Gasteiger partial charge in [-0.1, -0.05) is 69.3 Å². The lowest BCUT2D eigenvalue weighted by Gasteiger charge is -2.42. The standard InChI is InChI=1S/C34H41N3O5/c1-22(25-12-9-13-28(18-25)41-5)36(20-23-14-16-24(17-15-23)33(40)42-6)31(38)29-19-26-10-7-8-11-27(26)21-37(29)32(39)30(35)34(2,3)4/h7-18,22,29-30H,19-21,35H2,1-6H3. The Kier molecular flexibility index (Phi) is 9.36. The Hall–Kier alpha value is -4.17. The molecule has 0 saturated carbocycles. The van der Waals surface area contributed by atoms with Gasteiger partial charge in [0.15, 0.2) is 0 Å². The third kappa shape index (κ3) is 6.65. The van der Waals surface area contributed by atoms with E-state index in [-0.39, 0.29) is 24.4 Å². The third-order valence-electron chi connectivity index (χ3n) is 8.07. The molecule has 3 atom stereocenters. The molecule has 8 heteroatoms. The van der Waals surface area contributed by atoms with Crippen molar-refractivity contribution in [2.24, 2.45) is 11.1 Å². The van der Waals surface area contributed by atoms with Gasteiger partial charge in [0.1, 0.15) is 11.8 Å². The number of methoxy groups -OCH3 is 2. The van der Waals surface area contributed by atoms with Crippen LogP contribution in [0.3, 0.4) is 0 Å². The van der Waals surface area contributed by atoms with Gasteiger partial charge in [-0.25, -0.2) is 4.79 Å². The maximum absolute atomic E-state index is 14.7. The second-order valence-corrected chi connectivity index (χ2v) is 11.9. The molecule has 1 heterocycles. The predicted octanol–water partition coefficient (Wildman–Crippen LogP) is 4.90. The minimum atomic E-state index is -0.770. The van der Waals surface area contributed by atoms with E-state index in [1.807, 2.05) is 88.4 Å². The van der Waals surface area contributed by atoms with Crippen LogP contribution in [0.25, 0.3) is 0 Å². The second-order valence-electron chi connectivity index (χ2n) is 11.9. The molecule has 0 aromatic heterocycles. The van der Waals surface area contributed by atoms with Gasteiger partial charge in [0.05, 0.1) is 31.9 Å². The SMILES string of the molecule is COC(=O)c1ccc(CN(C(=O)C2Cc3ccccc3CN2C(=O)C(N)C(C)(C)C)C(C)c2cccc(OC)c2)cc1. The van der Waals surface area contributed by atoms with Crippen molar-refractivity contribution in [3.63, 3.8) is 0 Å². The van der Waals surface area contributed by atoms with E-state index in [1.165, 1.54) is 7.11 Å². The fraction of sp³-hybridized carbons (Fsp3) is 0.382. The molecule has 1 aliphatic heterocycles. The van der Waals surface area contributed by atoms with E-state index in [4.69, 9.17) is 15.2 Å². The molecule has 222 valence electrons. The normalized spacial score (nSPS) is 16.2. The first-order valence-electron chi connectivity index (χ1n) is 14.2. The number of nitrogens with zero attached hydrogens (tertiary/aromatic N) is 2. The fourth-order valence-electron chi connectivity index (χ4n) is 5.26. The van der Waals surface area contributed by atoms with Crippen LogP contribution in [0.5, 0.6) is 5.75 Å². The molecule has 2 N–H and O–H groups in total. The van der Waals surface area contributed by atoms with Crippen LogP contribution in [0, 0.1) is 5.41 Å². The molecular formula is C34H41N3O5. The van der Waals surface area contributed by atoms with Crippen LogP contribution in [0.15, 0.2) is 72.8 Å². The molecule has 0 fully saturated rings. The predicted molar refractivity (Wildman–Crippen MR) is 162 cm³/mol. The molecule has 0 radical (unpaired) electrons. The van der Waals surface area contributed by atoms with E-state index in [9.17, 15) is 14.4 Å². The maximum atomic E-state index is 14.7. The van der Waals surface area contributed by atoms with Crippen molar-refractivity contribution in [1.82, 2.24) is 9.80 Å². The lowest BCUT2D eigenvalue weighted by atomic mass is 9.85. The Bertz CT molecular complexity index is 1430. The van der Waals surface area contributed by atoms with Gasteiger partial charge in [-0.15, -0.1) is 0 Å². The van der Waals surface area contributed by atoms with Crippen LogP contribution in [0.4, 0.5) is 0 Å². The van der Waals surface area contributed by atoms with Gasteiger partial charge < -0.3 is 25.0 Å². The van der Waals surface area contributed by atoms with E-state index in [0.717, 1.165) is 22.3 Å². The molecule has 1 aliphatic rings. The van der Waals surface area contributed by atoms with E-state index >= 15 is 0 Å². The first-order chi connectivity index (χ1) is 19.9. The molecule has 42 heavy (non-hydrogen) atoms. The molecule has 2 amide bonds. The molecule has 0 saturated heterocycles. The first-order valence-corrected chi connectivity index (χ1v) is 14.2. The number of rotatable bonds is 8. The van der Waals surface area contributed by atoms with Gasteiger partial charge >= 0.3 is 5.97 Å². The minimum Gasteiger partial charge on any atom is -0.497 e. The lowest BCUT2D eigenvalue weighted by Crippen LogP contribution is -2.59. The molecule has 0 spiro atoms. The summed E-state index contributed by atoms with van der Waals surface area (Å²) in [5.41, 5.74) is 10.2. The van der Waals surface area contributed by atoms with Crippen molar-refractivity contribution in [3.8, 4) is 5.75 Å². The number of hydrogen-bond donors (Lipinski definition) is 1. The summed E-state index contributed by atoms with van der Waals surface area (Å²) in [5, 5.41) is 0. The summed E-state index contributed by atoms with van der Waals surface area (Å²) < 4.78 is 10.3. The van der Waals surface area contributed by atoms with Crippen molar-refractivity contribution >= 4 is 17.8 Å². The maximum Gasteiger partial charge on any atom is 0.337 e. The fourth-order valence-corrected chi connectivity index (χ4v) is 5.26. The highest BCUT2D eigenvalue weighted by Crippen LogP contribution is 2.32. The molecular weight excluding hydrogens is 530 g/mol. The highest BCUT2D eigenvalue weighted by Gasteiger charge is 2.42. The lowest BCUT2D eigenvalue weighted by molar-refractivity contribution is -0.151. The minimum absolute atomic E-state index is 0.175. The molecule has 3 unspecified atom stereocenters. The Labute approximate surface area is 248 Å². The Balaban J connectivity index is 1.75. The number of benzene rings is 3. The van der Waals surface area contributed by atoms with Crippen molar-refractivity contribution in [3.05, 3.63) is 101 Å². The van der Waals surface area contributed by atoms with Gasteiger partial charge in [0, 0.05) is 19.5 Å². The third-order valence-corrected chi connectivity index (χ3v) is 8.07. The molecule has 0 aliphatic carbocycles. The van der Waals surface area contributed by atoms with Gasteiger partial charge in [-0.2, -0.15) is 0 Å². The van der Waals surface area contributed by atoms with Gasteiger partial charge in [-0.3, -0.25) is 9.59 Å². The van der Waals surface area contributed by atoms with Crippen LogP contribution < -0.4 is 10.5 Å². The highest BCUT2D eigenvalue weighted by molar-refractivity contribution is 5.91. The molecule has 4 rings (SSSR count). The average Bonchev–Trinajstić information content (AvgIpc) is 3.01.